The third kappa shape index (κ3) is 13.3. The number of aliphatic hydroxyl groups is 1. The van der Waals surface area contributed by atoms with Crippen LogP contribution < -0.4 is 53.6 Å². The van der Waals surface area contributed by atoms with Gasteiger partial charge in [-0.15, -0.1) is 0 Å². The second kappa shape index (κ2) is 24.9. The Morgan fingerprint density at radius 3 is 1.31 bits per heavy atom. The normalized spacial score (nSPS) is 11.4. The van der Waals surface area contributed by atoms with Crippen molar-refractivity contribution in [1.29, 1.82) is 0 Å². The molecule has 14 N–H and O–H groups in total. The van der Waals surface area contributed by atoms with E-state index in [9.17, 15) is 53.4 Å². The molecule has 32 nitrogen and oxygen atoms in total. The Hall–Kier alpha value is -11.2. The zero-order chi connectivity index (χ0) is 61.7. The Kier molecular flexibility index (Phi) is 17.6. The van der Waals surface area contributed by atoms with Crippen LogP contribution >= 0.6 is 0 Å². The summed E-state index contributed by atoms with van der Waals surface area (Å²) in [6.45, 7) is 0.148. The van der Waals surface area contributed by atoms with E-state index in [0.29, 0.717) is 12.1 Å². The Balaban J connectivity index is 0.789. The fourth-order valence-electron chi connectivity index (χ4n) is 8.98. The van der Waals surface area contributed by atoms with Crippen LogP contribution in [-0.4, -0.2) is 141 Å². The average Bonchev–Trinajstić information content (AvgIpc) is 4.07. The van der Waals surface area contributed by atoms with Gasteiger partial charge in [-0.05, 0) is 37.1 Å². The molecule has 0 radical (unpaired) electrons. The van der Waals surface area contributed by atoms with Gasteiger partial charge in [0.25, 0.3) is 47.3 Å². The zero-order valence-corrected chi connectivity index (χ0v) is 47.2. The number of rotatable bonds is 22. The molecular formula is C53H62N20O12. The highest BCUT2D eigenvalue weighted by Gasteiger charge is 2.28. The first-order chi connectivity index (χ1) is 40.3. The Morgan fingerprint density at radius 1 is 0.471 bits per heavy atom. The van der Waals surface area contributed by atoms with Crippen LogP contribution in [0.2, 0.25) is 0 Å². The lowest BCUT2D eigenvalue weighted by Gasteiger charge is -2.12. The molecule has 9 amide bonds. The minimum Gasteiger partial charge on any atom is -0.504 e. The summed E-state index contributed by atoms with van der Waals surface area (Å²) in [5, 5.41) is 54.7. The van der Waals surface area contributed by atoms with Crippen molar-refractivity contribution in [2.45, 2.75) is 18.9 Å². The third-order valence-electron chi connectivity index (χ3n) is 13.3. The Morgan fingerprint density at radius 2 is 0.882 bits per heavy atom. The number of imidazole rings is 2. The molecule has 8 rings (SSSR count). The molecule has 0 spiro atoms. The van der Waals surface area contributed by atoms with Gasteiger partial charge in [0, 0.05) is 132 Å². The summed E-state index contributed by atoms with van der Waals surface area (Å²) in [6, 6.07) is 4.59. The topological polar surface area (TPSA) is 414 Å². The van der Waals surface area contributed by atoms with Crippen molar-refractivity contribution >= 4 is 93.1 Å². The minimum absolute atomic E-state index is 0.0199. The summed E-state index contributed by atoms with van der Waals surface area (Å²) in [5.74, 6) is -6.91. The lowest BCUT2D eigenvalue weighted by atomic mass is 10.2. The van der Waals surface area contributed by atoms with Gasteiger partial charge in [0.15, 0.2) is 34.5 Å². The number of aromatic nitrogens is 10. The van der Waals surface area contributed by atoms with Crippen LogP contribution in [0.3, 0.4) is 0 Å². The molecule has 446 valence electrons. The van der Waals surface area contributed by atoms with E-state index in [1.54, 1.807) is 47.6 Å². The lowest BCUT2D eigenvalue weighted by Crippen LogP contribution is -2.39. The molecule has 0 unspecified atom stereocenters. The first-order valence-corrected chi connectivity index (χ1v) is 25.9. The van der Waals surface area contributed by atoms with Crippen LogP contribution in [0.25, 0.3) is 0 Å². The summed E-state index contributed by atoms with van der Waals surface area (Å²) in [5.41, 5.74) is 7.30. The third-order valence-corrected chi connectivity index (χ3v) is 13.3. The number of aryl methyl sites for hydroxylation is 8. The van der Waals surface area contributed by atoms with Gasteiger partial charge in [-0.1, -0.05) is 0 Å². The van der Waals surface area contributed by atoms with Gasteiger partial charge >= 0.3 is 0 Å². The number of nitrogens with two attached hydrogens (primary N) is 1. The molecule has 85 heavy (non-hydrogen) atoms. The number of amides is 9. The highest BCUT2D eigenvalue weighted by Crippen LogP contribution is 2.33. The van der Waals surface area contributed by atoms with Crippen LogP contribution in [0, 0.1) is 0 Å². The van der Waals surface area contributed by atoms with E-state index >= 15 is 0 Å². The average molecular weight is 1170 g/mol. The van der Waals surface area contributed by atoms with Crippen molar-refractivity contribution in [3.63, 3.8) is 0 Å². The number of anilines is 7. The summed E-state index contributed by atoms with van der Waals surface area (Å²) < 4.78 is 11.3. The number of aliphatic hydroxyl groups excluding tert-OH is 1. The van der Waals surface area contributed by atoms with Crippen molar-refractivity contribution < 1.29 is 58.5 Å². The van der Waals surface area contributed by atoms with E-state index < -0.39 is 64.8 Å². The van der Waals surface area contributed by atoms with Crippen molar-refractivity contribution in [3.8, 4) is 11.5 Å². The van der Waals surface area contributed by atoms with Crippen LogP contribution in [0.5, 0.6) is 11.5 Å². The Bertz CT molecular complexity index is 3950. The van der Waals surface area contributed by atoms with Crippen LogP contribution in [-0.2, 0) is 61.2 Å². The molecular weight excluding hydrogens is 1110 g/mol. The SMILES string of the molecule is Cn1cc(NC(=O)c2cc(NC(=O)c3c(O)c(NC(=O)c4nc(NC(=O)[C@H](N)CCNC(=O)c5cc(NC(=O)c6cc(NC(=O)c7c(O)c(NC(=O)c8nccn8C)cn7C)cn6C)cn5C)cn4C)cn3C)cn2C)cc1C(=O)NCCCO. The van der Waals surface area contributed by atoms with Gasteiger partial charge < -0.3 is 105 Å². The highest BCUT2D eigenvalue weighted by molar-refractivity contribution is 6.12. The summed E-state index contributed by atoms with van der Waals surface area (Å²) >= 11 is 0. The zero-order valence-electron chi connectivity index (χ0n) is 47.2. The monoisotopic (exact) mass is 1170 g/mol. The number of hydrogen-bond acceptors (Lipinski definition) is 15. The number of nitrogens with zero attached hydrogens (tertiary/aromatic N) is 10. The minimum atomic E-state index is -1.15. The molecule has 0 aliphatic carbocycles. The summed E-state index contributed by atoms with van der Waals surface area (Å²) in [6.07, 6.45) is 13.4. The Labute approximate surface area is 482 Å². The summed E-state index contributed by atoms with van der Waals surface area (Å²) in [7, 11) is 12.5. The smallest absolute Gasteiger partial charge is 0.291 e. The predicted molar refractivity (Wildman–Crippen MR) is 308 cm³/mol. The number of hydrogen-bond donors (Lipinski definition) is 13. The van der Waals surface area contributed by atoms with Gasteiger partial charge in [0.1, 0.15) is 34.2 Å². The molecule has 1 atom stereocenters. The van der Waals surface area contributed by atoms with Crippen molar-refractivity contribution in [2.75, 3.05) is 56.9 Å². The van der Waals surface area contributed by atoms with Crippen molar-refractivity contribution in [3.05, 3.63) is 126 Å². The van der Waals surface area contributed by atoms with E-state index in [0.717, 1.165) is 0 Å². The quantitative estimate of drug-likeness (QED) is 0.0426. The van der Waals surface area contributed by atoms with Gasteiger partial charge in [0.2, 0.25) is 11.7 Å². The molecule has 0 saturated carbocycles. The molecule has 8 heterocycles. The second-order valence-electron chi connectivity index (χ2n) is 19.7. The maximum absolute atomic E-state index is 13.5. The molecule has 0 aromatic carbocycles. The van der Waals surface area contributed by atoms with Gasteiger partial charge in [-0.25, -0.2) is 9.97 Å². The largest absolute Gasteiger partial charge is 0.504 e. The number of aromatic hydroxyl groups is 2. The molecule has 0 fully saturated rings. The van der Waals surface area contributed by atoms with Crippen LogP contribution in [0.4, 0.5) is 39.9 Å². The van der Waals surface area contributed by atoms with Crippen LogP contribution in [0.15, 0.2) is 80.0 Å². The maximum Gasteiger partial charge on any atom is 0.291 e. The molecule has 0 bridgehead atoms. The molecule has 32 heteroatoms. The second-order valence-corrected chi connectivity index (χ2v) is 19.7. The molecule has 0 aliphatic heterocycles. The van der Waals surface area contributed by atoms with E-state index in [1.807, 2.05) is 0 Å². The van der Waals surface area contributed by atoms with E-state index in [-0.39, 0.29) is 112 Å². The van der Waals surface area contributed by atoms with E-state index in [4.69, 9.17) is 10.8 Å². The lowest BCUT2D eigenvalue weighted by molar-refractivity contribution is -0.117. The fraction of sp³-hybridized carbons (Fsp3) is 0.264. The fourth-order valence-corrected chi connectivity index (χ4v) is 8.98. The number of carbonyl (C=O) groups is 9. The molecule has 0 saturated heterocycles. The standard InChI is InChI=1S/C53H62N20O12/c1-66-14-13-55-43(66)52(84)62-32-24-71(6)39(41(32)75)50(82)60-29-18-37(70(5)22-29)49(81)59-28-17-35(68(3)21-28)47(79)57-12-10-31(54)45(77)65-38-26-73(8)44(64-38)53(85)63-33-25-72(7)40(42(33)76)51(83)61-30-19-36(69(4)23-30)48(80)58-27-16-34(67(2)20-27)46(78)56-11-9-15-74/h13-14,16-26,31,74-76H,9-12,15,54H2,1-8H3,(H,56,78)(H,57,79)(H,58,80)(H,59,81)(H,60,82)(H,61,83)(H,62,84)(H,63,85)(H,65,77)/t31-/m1/s1. The maximum atomic E-state index is 13.5. The first-order valence-electron chi connectivity index (χ1n) is 25.9. The molecule has 8 aromatic rings. The van der Waals surface area contributed by atoms with Gasteiger partial charge in [-0.2, -0.15) is 0 Å². The molecule has 0 aliphatic rings. The van der Waals surface area contributed by atoms with Gasteiger partial charge in [0.05, 0.1) is 28.8 Å². The van der Waals surface area contributed by atoms with E-state index in [2.05, 4.69) is 57.8 Å². The molecule has 8 aromatic heterocycles. The van der Waals surface area contributed by atoms with Gasteiger partial charge in [-0.3, -0.25) is 43.2 Å². The van der Waals surface area contributed by atoms with E-state index in [1.165, 1.54) is 125 Å². The van der Waals surface area contributed by atoms with Crippen molar-refractivity contribution in [1.82, 2.24) is 57.1 Å². The predicted octanol–water partition coefficient (Wildman–Crippen LogP) is 1.31. The first kappa shape index (κ1) is 60.0. The summed E-state index contributed by atoms with van der Waals surface area (Å²) in [4.78, 5) is 127. The highest BCUT2D eigenvalue weighted by atomic mass is 16.3. The number of carbonyl (C=O) groups excluding carboxylic acids is 9. The number of nitrogens with one attached hydrogen (secondary N) is 9. The van der Waals surface area contributed by atoms with Crippen molar-refractivity contribution in [2.24, 2.45) is 62.1 Å². The van der Waals surface area contributed by atoms with Crippen LogP contribution in [0.1, 0.15) is 97.0 Å².